The van der Waals surface area contributed by atoms with Crippen molar-refractivity contribution in [3.63, 3.8) is 0 Å². The maximum Gasteiger partial charge on any atom is 0.264 e. The van der Waals surface area contributed by atoms with Gasteiger partial charge >= 0.3 is 0 Å². The molecule has 0 spiro atoms. The van der Waals surface area contributed by atoms with Crippen molar-refractivity contribution in [1.82, 2.24) is 5.48 Å². The molecule has 1 N–H and O–H groups in total. The second kappa shape index (κ2) is 5.24. The van der Waals surface area contributed by atoms with Gasteiger partial charge in [0, 0.05) is 17.1 Å². The van der Waals surface area contributed by atoms with Crippen LogP contribution in [-0.4, -0.2) is 7.11 Å². The Morgan fingerprint density at radius 2 is 2.21 bits per heavy atom. The molecular formula is C9H10ClF2NO. The van der Waals surface area contributed by atoms with Crippen molar-refractivity contribution in [3.05, 3.63) is 34.3 Å². The van der Waals surface area contributed by atoms with Crippen LogP contribution < -0.4 is 5.48 Å². The van der Waals surface area contributed by atoms with E-state index in [2.05, 4.69) is 10.3 Å². The smallest absolute Gasteiger partial charge is 0.264 e. The minimum Gasteiger partial charge on any atom is -0.305 e. The molecule has 0 unspecified atom stereocenters. The fraction of sp³-hybridized carbons (Fsp3) is 0.333. The molecule has 0 saturated carbocycles. The van der Waals surface area contributed by atoms with Crippen LogP contribution in [0.15, 0.2) is 18.2 Å². The zero-order valence-corrected chi connectivity index (χ0v) is 8.31. The van der Waals surface area contributed by atoms with Crippen molar-refractivity contribution in [2.24, 2.45) is 0 Å². The lowest BCUT2D eigenvalue weighted by Crippen LogP contribution is -2.12. The van der Waals surface area contributed by atoms with Gasteiger partial charge < -0.3 is 4.84 Å². The van der Waals surface area contributed by atoms with Crippen LogP contribution in [0.3, 0.4) is 0 Å². The number of hydroxylamine groups is 1. The third-order valence-electron chi connectivity index (χ3n) is 1.75. The minimum absolute atomic E-state index is 0.0287. The molecule has 0 amide bonds. The summed E-state index contributed by atoms with van der Waals surface area (Å²) in [7, 11) is 1.42. The summed E-state index contributed by atoms with van der Waals surface area (Å²) in [5.74, 6) is 0. The van der Waals surface area contributed by atoms with Crippen LogP contribution >= 0.6 is 11.6 Å². The molecule has 0 aliphatic heterocycles. The molecule has 5 heteroatoms. The van der Waals surface area contributed by atoms with Crippen molar-refractivity contribution in [3.8, 4) is 0 Å². The van der Waals surface area contributed by atoms with E-state index in [9.17, 15) is 8.78 Å². The van der Waals surface area contributed by atoms with Crippen molar-refractivity contribution >= 4 is 11.6 Å². The lowest BCUT2D eigenvalue weighted by Gasteiger charge is -2.09. The largest absolute Gasteiger partial charge is 0.305 e. The maximum absolute atomic E-state index is 12.5. The lowest BCUT2D eigenvalue weighted by molar-refractivity contribution is 0.0849. The number of benzene rings is 1. The Kier molecular flexibility index (Phi) is 4.25. The Morgan fingerprint density at radius 3 is 2.79 bits per heavy atom. The van der Waals surface area contributed by atoms with Crippen LogP contribution in [0.5, 0.6) is 0 Å². The highest BCUT2D eigenvalue weighted by Crippen LogP contribution is 2.25. The van der Waals surface area contributed by atoms with Gasteiger partial charge in [0.05, 0.1) is 7.11 Å². The van der Waals surface area contributed by atoms with Gasteiger partial charge in [-0.15, -0.1) is 0 Å². The summed E-state index contributed by atoms with van der Waals surface area (Å²) < 4.78 is 24.9. The van der Waals surface area contributed by atoms with Crippen LogP contribution in [0, 0.1) is 0 Å². The van der Waals surface area contributed by atoms with E-state index < -0.39 is 6.43 Å². The molecule has 78 valence electrons. The first-order valence-electron chi connectivity index (χ1n) is 3.97. The zero-order chi connectivity index (χ0) is 10.6. The summed E-state index contributed by atoms with van der Waals surface area (Å²) in [5, 5.41) is 0.433. The first-order chi connectivity index (χ1) is 6.65. The molecule has 1 rings (SSSR count). The molecule has 0 heterocycles. The molecule has 0 bridgehead atoms. The fourth-order valence-electron chi connectivity index (χ4n) is 1.09. The van der Waals surface area contributed by atoms with Crippen molar-refractivity contribution in [2.45, 2.75) is 13.0 Å². The summed E-state index contributed by atoms with van der Waals surface area (Å²) in [6.07, 6.45) is -2.50. The number of alkyl halides is 2. The average molecular weight is 222 g/mol. The van der Waals surface area contributed by atoms with Gasteiger partial charge in [-0.3, -0.25) is 0 Å². The van der Waals surface area contributed by atoms with Gasteiger partial charge in [-0.1, -0.05) is 17.7 Å². The number of hydrogen-bond acceptors (Lipinski definition) is 2. The highest BCUT2D eigenvalue weighted by molar-refractivity contribution is 6.30. The molecule has 2 nitrogen and oxygen atoms in total. The standard InChI is InChI=1S/C9H10ClF2NO/c1-14-13-5-6-4-7(10)2-3-8(6)9(11)12/h2-4,9,13H,5H2,1H3. The van der Waals surface area contributed by atoms with E-state index in [0.29, 0.717) is 10.6 Å². The van der Waals surface area contributed by atoms with Gasteiger partial charge in [0.25, 0.3) is 6.43 Å². The maximum atomic E-state index is 12.5. The van der Waals surface area contributed by atoms with Crippen LogP contribution in [0.25, 0.3) is 0 Å². The van der Waals surface area contributed by atoms with Crippen LogP contribution in [0.4, 0.5) is 8.78 Å². The van der Waals surface area contributed by atoms with E-state index in [0.717, 1.165) is 0 Å². The molecule has 14 heavy (non-hydrogen) atoms. The summed E-state index contributed by atoms with van der Waals surface area (Å²) >= 11 is 5.69. The molecule has 0 saturated heterocycles. The second-order valence-electron chi connectivity index (χ2n) is 2.67. The molecule has 0 aliphatic carbocycles. The van der Waals surface area contributed by atoms with E-state index >= 15 is 0 Å². The molecule has 0 aromatic heterocycles. The van der Waals surface area contributed by atoms with E-state index in [1.807, 2.05) is 0 Å². The average Bonchev–Trinajstić information content (AvgIpc) is 2.14. The predicted octanol–water partition coefficient (Wildman–Crippen LogP) is 2.93. The van der Waals surface area contributed by atoms with Crippen LogP contribution in [0.1, 0.15) is 17.6 Å². The van der Waals surface area contributed by atoms with Crippen molar-refractivity contribution < 1.29 is 13.6 Å². The van der Waals surface area contributed by atoms with Crippen molar-refractivity contribution in [1.29, 1.82) is 0 Å². The lowest BCUT2D eigenvalue weighted by atomic mass is 10.1. The van der Waals surface area contributed by atoms with Crippen LogP contribution in [-0.2, 0) is 11.4 Å². The zero-order valence-electron chi connectivity index (χ0n) is 7.56. The van der Waals surface area contributed by atoms with Gasteiger partial charge in [-0.25, -0.2) is 8.78 Å². The third kappa shape index (κ3) is 2.90. The first kappa shape index (κ1) is 11.4. The van der Waals surface area contributed by atoms with E-state index in [1.54, 1.807) is 0 Å². The van der Waals surface area contributed by atoms with Gasteiger partial charge in [-0.05, 0) is 17.7 Å². The number of halogens is 3. The molecule has 1 aromatic carbocycles. The molecule has 0 atom stereocenters. The summed E-state index contributed by atoms with van der Waals surface area (Å²) in [6.45, 7) is 0.205. The second-order valence-corrected chi connectivity index (χ2v) is 3.11. The number of hydrogen-bond donors (Lipinski definition) is 1. The Hall–Kier alpha value is -0.710. The molecule has 1 aromatic rings. The van der Waals surface area contributed by atoms with E-state index in [1.165, 1.54) is 25.3 Å². The van der Waals surface area contributed by atoms with Gasteiger partial charge in [-0.2, -0.15) is 5.48 Å². The SMILES string of the molecule is CONCc1cc(Cl)ccc1C(F)F. The molecule has 0 fully saturated rings. The van der Waals surface area contributed by atoms with Gasteiger partial charge in [0.2, 0.25) is 0 Å². The van der Waals surface area contributed by atoms with Gasteiger partial charge in [0.15, 0.2) is 0 Å². The Morgan fingerprint density at radius 1 is 1.50 bits per heavy atom. The van der Waals surface area contributed by atoms with E-state index in [4.69, 9.17) is 11.6 Å². The fourth-order valence-corrected chi connectivity index (χ4v) is 1.28. The van der Waals surface area contributed by atoms with Crippen LogP contribution in [0.2, 0.25) is 5.02 Å². The summed E-state index contributed by atoms with van der Waals surface area (Å²) in [4.78, 5) is 4.58. The predicted molar refractivity (Wildman–Crippen MR) is 50.3 cm³/mol. The van der Waals surface area contributed by atoms with Gasteiger partial charge in [0.1, 0.15) is 0 Å². The van der Waals surface area contributed by atoms with E-state index in [-0.39, 0.29) is 12.1 Å². The Bertz CT molecular complexity index is 307. The first-order valence-corrected chi connectivity index (χ1v) is 4.35. The number of nitrogens with one attached hydrogen (secondary N) is 1. The quantitative estimate of drug-likeness (QED) is 0.790. The third-order valence-corrected chi connectivity index (χ3v) is 1.98. The minimum atomic E-state index is -2.50. The summed E-state index contributed by atoms with van der Waals surface area (Å²) in [6, 6.07) is 4.26. The monoisotopic (exact) mass is 221 g/mol. The number of rotatable bonds is 4. The highest BCUT2D eigenvalue weighted by atomic mass is 35.5. The molecule has 0 aliphatic rings. The molecular weight excluding hydrogens is 212 g/mol. The topological polar surface area (TPSA) is 21.3 Å². The Labute approximate surface area is 85.8 Å². The van der Waals surface area contributed by atoms with Crippen molar-refractivity contribution in [2.75, 3.05) is 7.11 Å². The Balaban J connectivity index is 2.91. The normalized spacial score (nSPS) is 10.9. The molecule has 0 radical (unpaired) electrons. The summed E-state index contributed by atoms with van der Waals surface area (Å²) in [5.41, 5.74) is 2.91. The highest BCUT2D eigenvalue weighted by Gasteiger charge is 2.12.